The smallest absolute Gasteiger partial charge is 0.145 e. The van der Waals surface area contributed by atoms with E-state index in [4.69, 9.17) is 15.2 Å². The van der Waals surface area contributed by atoms with Gasteiger partial charge in [-0.2, -0.15) is 0 Å². The van der Waals surface area contributed by atoms with Crippen molar-refractivity contribution >= 4 is 22.3 Å². The van der Waals surface area contributed by atoms with Gasteiger partial charge in [0.2, 0.25) is 0 Å². The molecule has 3 N–H and O–H groups in total. The predicted molar refractivity (Wildman–Crippen MR) is 140 cm³/mol. The zero-order valence-corrected chi connectivity index (χ0v) is 20.4. The molecule has 4 aromatic rings. The van der Waals surface area contributed by atoms with E-state index >= 15 is 0 Å². The number of ether oxygens (including phenoxy) is 2. The molecule has 7 nitrogen and oxygen atoms in total. The number of nitrogen functional groups attached to an aromatic ring is 1. The summed E-state index contributed by atoms with van der Waals surface area (Å²) in [6.45, 7) is 2.89. The summed E-state index contributed by atoms with van der Waals surface area (Å²) >= 11 is 0. The van der Waals surface area contributed by atoms with Gasteiger partial charge in [0, 0.05) is 66.7 Å². The number of halogens is 2. The quantitative estimate of drug-likeness (QED) is 0.427. The Morgan fingerprint density at radius 1 is 1.08 bits per heavy atom. The Kier molecular flexibility index (Phi) is 6.10. The molecule has 0 amide bonds. The van der Waals surface area contributed by atoms with Crippen molar-refractivity contribution in [2.45, 2.75) is 18.6 Å². The zero-order chi connectivity index (χ0) is 25.5. The van der Waals surface area contributed by atoms with Crippen LogP contribution >= 0.6 is 0 Å². The lowest BCUT2D eigenvalue weighted by molar-refractivity contribution is -0.00896. The largest absolute Gasteiger partial charge is 0.494 e. The van der Waals surface area contributed by atoms with Gasteiger partial charge in [0.05, 0.1) is 36.7 Å². The van der Waals surface area contributed by atoms with E-state index in [0.717, 1.165) is 47.7 Å². The molecule has 190 valence electrons. The Bertz CT molecular complexity index is 1460. The van der Waals surface area contributed by atoms with E-state index in [2.05, 4.69) is 20.2 Å². The van der Waals surface area contributed by atoms with Crippen LogP contribution in [-0.2, 0) is 4.74 Å². The molecule has 2 atom stereocenters. The maximum absolute atomic E-state index is 14.3. The molecular weight excluding hydrogens is 476 g/mol. The minimum absolute atomic E-state index is 0.0155. The van der Waals surface area contributed by atoms with Gasteiger partial charge in [-0.15, -0.1) is 0 Å². The average molecular weight is 504 g/mol. The minimum Gasteiger partial charge on any atom is -0.494 e. The minimum atomic E-state index is -0.637. The number of piperidine rings is 1. The third-order valence-electron chi connectivity index (χ3n) is 7.17. The van der Waals surface area contributed by atoms with Crippen LogP contribution in [0.1, 0.15) is 6.42 Å². The van der Waals surface area contributed by atoms with Gasteiger partial charge in [0.1, 0.15) is 23.1 Å². The number of nitrogens with two attached hydrogens (primary N) is 1. The van der Waals surface area contributed by atoms with Crippen LogP contribution in [0.5, 0.6) is 5.75 Å². The lowest BCUT2D eigenvalue weighted by Crippen LogP contribution is -2.57. The van der Waals surface area contributed by atoms with Crippen molar-refractivity contribution in [2.75, 3.05) is 44.0 Å². The van der Waals surface area contributed by atoms with Gasteiger partial charge < -0.3 is 25.4 Å². The molecule has 0 radical (unpaired) electrons. The first kappa shape index (κ1) is 23.6. The summed E-state index contributed by atoms with van der Waals surface area (Å²) in [5, 5.41) is 4.38. The molecule has 0 aliphatic carbocycles. The number of hydrogen-bond acceptors (Lipinski definition) is 7. The van der Waals surface area contributed by atoms with Gasteiger partial charge in [-0.05, 0) is 36.2 Å². The first-order valence-electron chi connectivity index (χ1n) is 12.3. The number of rotatable bonds is 4. The summed E-state index contributed by atoms with van der Waals surface area (Å²) in [6.07, 6.45) is 4.24. The number of methoxy groups -OCH3 is 1. The van der Waals surface area contributed by atoms with Gasteiger partial charge in [0.25, 0.3) is 0 Å². The van der Waals surface area contributed by atoms with Crippen LogP contribution in [0.2, 0.25) is 0 Å². The SMILES string of the molecule is COc1ccnc(-c2ccc3ncc(-c4cc(F)cc(F)c4)c(N4CCC5NCCOC5C4)c3c2)c1N. The van der Waals surface area contributed by atoms with Crippen molar-refractivity contribution in [1.29, 1.82) is 0 Å². The van der Waals surface area contributed by atoms with E-state index in [1.54, 1.807) is 25.6 Å². The van der Waals surface area contributed by atoms with Crippen LogP contribution in [-0.4, -0.2) is 55.5 Å². The predicted octanol–water partition coefficient (Wildman–Crippen LogP) is 4.40. The molecule has 2 fully saturated rings. The fourth-order valence-corrected chi connectivity index (χ4v) is 5.43. The second-order valence-electron chi connectivity index (χ2n) is 9.39. The highest BCUT2D eigenvalue weighted by atomic mass is 19.1. The first-order valence-corrected chi connectivity index (χ1v) is 12.3. The Balaban J connectivity index is 1.55. The van der Waals surface area contributed by atoms with Crippen molar-refractivity contribution in [2.24, 2.45) is 0 Å². The number of nitrogens with zero attached hydrogens (tertiary/aromatic N) is 3. The molecule has 0 bridgehead atoms. The normalized spacial score (nSPS) is 19.6. The maximum atomic E-state index is 14.3. The number of pyridine rings is 2. The van der Waals surface area contributed by atoms with Crippen LogP contribution < -0.4 is 20.7 Å². The van der Waals surface area contributed by atoms with Gasteiger partial charge in [-0.25, -0.2) is 8.78 Å². The van der Waals surface area contributed by atoms with Crippen molar-refractivity contribution < 1.29 is 18.3 Å². The monoisotopic (exact) mass is 503 g/mol. The van der Waals surface area contributed by atoms with E-state index in [9.17, 15) is 8.78 Å². The van der Waals surface area contributed by atoms with Crippen LogP contribution in [0.15, 0.2) is 54.9 Å². The zero-order valence-electron chi connectivity index (χ0n) is 20.4. The van der Waals surface area contributed by atoms with Gasteiger partial charge >= 0.3 is 0 Å². The molecule has 0 spiro atoms. The van der Waals surface area contributed by atoms with E-state index in [-0.39, 0.29) is 12.1 Å². The summed E-state index contributed by atoms with van der Waals surface area (Å²) < 4.78 is 40.0. The second kappa shape index (κ2) is 9.57. The number of morpholine rings is 1. The molecule has 6 rings (SSSR count). The summed E-state index contributed by atoms with van der Waals surface area (Å²) in [7, 11) is 1.56. The summed E-state index contributed by atoms with van der Waals surface area (Å²) in [5.74, 6) is -0.736. The average Bonchev–Trinajstić information content (AvgIpc) is 2.91. The van der Waals surface area contributed by atoms with Crippen molar-refractivity contribution in [3.05, 3.63) is 66.5 Å². The first-order chi connectivity index (χ1) is 18.0. The number of nitrogens with one attached hydrogen (secondary N) is 1. The number of aromatic nitrogens is 2. The second-order valence-corrected chi connectivity index (χ2v) is 9.39. The topological polar surface area (TPSA) is 85.5 Å². The van der Waals surface area contributed by atoms with Crippen LogP contribution in [0.4, 0.5) is 20.2 Å². The number of benzene rings is 2. The fraction of sp³-hybridized carbons (Fsp3) is 0.286. The van der Waals surface area contributed by atoms with E-state index in [1.807, 2.05) is 18.2 Å². The Hall–Kier alpha value is -3.82. The molecule has 2 aliphatic rings. The molecule has 0 saturated carbocycles. The van der Waals surface area contributed by atoms with E-state index in [1.165, 1.54) is 12.1 Å². The third kappa shape index (κ3) is 4.34. The highest BCUT2D eigenvalue weighted by Crippen LogP contribution is 2.41. The standard InChI is InChI=1S/C28H27F2N5O2/c1-36-24-4-6-33-27(26(24)31)16-2-3-22-20(12-16)28(35-8-5-23-25(15-35)37-9-7-32-23)21(14-34-22)17-10-18(29)13-19(30)11-17/h2-4,6,10-14,23,25,32H,5,7-9,15,31H2,1H3. The van der Waals surface area contributed by atoms with Gasteiger partial charge in [-0.3, -0.25) is 9.97 Å². The number of fused-ring (bicyclic) bond motifs is 2. The van der Waals surface area contributed by atoms with Crippen molar-refractivity contribution in [3.8, 4) is 28.1 Å². The fourth-order valence-electron chi connectivity index (χ4n) is 5.43. The Morgan fingerprint density at radius 2 is 1.92 bits per heavy atom. The van der Waals surface area contributed by atoms with Crippen LogP contribution in [0.3, 0.4) is 0 Å². The molecule has 2 saturated heterocycles. The molecule has 2 aromatic carbocycles. The summed E-state index contributed by atoms with van der Waals surface area (Å²) in [4.78, 5) is 11.4. The van der Waals surface area contributed by atoms with Crippen LogP contribution in [0.25, 0.3) is 33.3 Å². The highest BCUT2D eigenvalue weighted by molar-refractivity contribution is 6.02. The van der Waals surface area contributed by atoms with Gasteiger partial charge in [0.15, 0.2) is 0 Å². The Morgan fingerprint density at radius 3 is 2.73 bits per heavy atom. The van der Waals surface area contributed by atoms with Gasteiger partial charge in [-0.1, -0.05) is 6.07 Å². The Labute approximate surface area is 213 Å². The number of hydrogen-bond donors (Lipinski definition) is 2. The molecule has 37 heavy (non-hydrogen) atoms. The third-order valence-corrected chi connectivity index (χ3v) is 7.17. The summed E-state index contributed by atoms with van der Waals surface area (Å²) in [6, 6.07) is 11.4. The highest BCUT2D eigenvalue weighted by Gasteiger charge is 2.33. The molecule has 2 aromatic heterocycles. The molecular formula is C28H27F2N5O2. The van der Waals surface area contributed by atoms with Crippen molar-refractivity contribution in [1.82, 2.24) is 15.3 Å². The maximum Gasteiger partial charge on any atom is 0.145 e. The van der Waals surface area contributed by atoms with Crippen molar-refractivity contribution in [3.63, 3.8) is 0 Å². The molecule has 2 aliphatic heterocycles. The lowest BCUT2D eigenvalue weighted by atomic mass is 9.95. The summed E-state index contributed by atoms with van der Waals surface area (Å²) in [5.41, 5.74) is 10.9. The van der Waals surface area contributed by atoms with Crippen LogP contribution in [0, 0.1) is 11.6 Å². The molecule has 4 heterocycles. The van der Waals surface area contributed by atoms with E-state index in [0.29, 0.717) is 41.4 Å². The lowest BCUT2D eigenvalue weighted by Gasteiger charge is -2.43. The number of anilines is 2. The van der Waals surface area contributed by atoms with E-state index < -0.39 is 11.6 Å². The molecule has 9 heteroatoms. The molecule has 2 unspecified atom stereocenters.